The summed E-state index contributed by atoms with van der Waals surface area (Å²) in [5, 5.41) is 2.81. The number of nitrogens with zero attached hydrogens (tertiary/aromatic N) is 1. The molecule has 0 aliphatic heterocycles. The number of carbonyl (C=O) groups excluding carboxylic acids is 1. The lowest BCUT2D eigenvalue weighted by Gasteiger charge is -2.16. The molecular weight excluding hydrogens is 519 g/mol. The van der Waals surface area contributed by atoms with Gasteiger partial charge in [-0.15, -0.1) is 0 Å². The fraction of sp³-hybridized carbons (Fsp3) is 0.217. The molecule has 4 rings (SSSR count). The minimum atomic E-state index is -4.07. The van der Waals surface area contributed by atoms with Crippen molar-refractivity contribution in [1.29, 1.82) is 0 Å². The van der Waals surface area contributed by atoms with Crippen molar-refractivity contribution >= 4 is 44.9 Å². The van der Waals surface area contributed by atoms with Crippen molar-refractivity contribution in [3.8, 4) is 0 Å². The van der Waals surface area contributed by atoms with E-state index in [0.29, 0.717) is 12.8 Å². The normalized spacial score (nSPS) is 13.5. The molecule has 1 aromatic heterocycles. The van der Waals surface area contributed by atoms with Crippen LogP contribution in [0, 0.1) is 24.4 Å². The summed E-state index contributed by atoms with van der Waals surface area (Å²) in [5.74, 6) is -5.51. The molecule has 1 fully saturated rings. The smallest absolute Gasteiger partial charge is 0.300 e. The number of nitrogens with one attached hydrogen (secondary N) is 3. The van der Waals surface area contributed by atoms with Gasteiger partial charge in [0.2, 0.25) is 0 Å². The van der Waals surface area contributed by atoms with Gasteiger partial charge in [0.1, 0.15) is 0 Å². The van der Waals surface area contributed by atoms with Crippen molar-refractivity contribution in [2.75, 3.05) is 10.0 Å². The van der Waals surface area contributed by atoms with E-state index in [2.05, 4.69) is 15.0 Å². The molecule has 1 amide bonds. The Bertz CT molecular complexity index is 1470. The second-order valence-corrected chi connectivity index (χ2v) is 10.2. The van der Waals surface area contributed by atoms with Gasteiger partial charge in [0, 0.05) is 18.7 Å². The highest BCUT2D eigenvalue weighted by Gasteiger charge is 2.28. The molecule has 1 saturated carbocycles. The van der Waals surface area contributed by atoms with Crippen LogP contribution in [-0.4, -0.2) is 25.4 Å². The molecule has 0 radical (unpaired) electrons. The molecule has 2 aromatic carbocycles. The van der Waals surface area contributed by atoms with E-state index >= 15 is 13.2 Å². The number of nitrogens with two attached hydrogens (primary N) is 1. The van der Waals surface area contributed by atoms with Gasteiger partial charge in [0.15, 0.2) is 23.3 Å². The summed E-state index contributed by atoms with van der Waals surface area (Å²) < 4.78 is 73.7. The van der Waals surface area contributed by atoms with Gasteiger partial charge in [0.25, 0.3) is 5.91 Å². The molecular formula is C23H21ClF3N5O3S. The first kappa shape index (κ1) is 25.7. The number of carbonyl (C=O) groups is 1. The van der Waals surface area contributed by atoms with E-state index in [-0.39, 0.29) is 33.4 Å². The third-order valence-corrected chi connectivity index (χ3v) is 6.83. The maximum atomic E-state index is 15.1. The molecule has 0 saturated heterocycles. The number of aromatic nitrogens is 1. The fourth-order valence-electron chi connectivity index (χ4n) is 3.45. The van der Waals surface area contributed by atoms with Gasteiger partial charge in [-0.1, -0.05) is 17.7 Å². The van der Waals surface area contributed by atoms with Crippen LogP contribution in [0.2, 0.25) is 5.02 Å². The first-order chi connectivity index (χ1) is 16.9. The van der Waals surface area contributed by atoms with Crippen LogP contribution in [0.1, 0.15) is 39.9 Å². The number of pyridine rings is 1. The molecule has 1 aliphatic carbocycles. The number of hydrogen-bond acceptors (Lipinski definition) is 5. The van der Waals surface area contributed by atoms with Gasteiger partial charge in [-0.25, -0.2) is 18.2 Å². The van der Waals surface area contributed by atoms with Crippen LogP contribution in [0.3, 0.4) is 0 Å². The van der Waals surface area contributed by atoms with Crippen molar-refractivity contribution in [1.82, 2.24) is 9.71 Å². The van der Waals surface area contributed by atoms with Gasteiger partial charge in [-0.05, 0) is 60.7 Å². The monoisotopic (exact) mass is 539 g/mol. The van der Waals surface area contributed by atoms with Gasteiger partial charge >= 0.3 is 10.2 Å². The first-order valence-electron chi connectivity index (χ1n) is 10.7. The molecule has 3 aromatic rings. The topological polar surface area (TPSA) is 126 Å². The molecule has 36 heavy (non-hydrogen) atoms. The number of rotatable bonds is 9. The number of halogens is 4. The summed E-state index contributed by atoms with van der Waals surface area (Å²) in [6, 6.07) is 6.76. The van der Waals surface area contributed by atoms with Gasteiger partial charge < -0.3 is 11.1 Å². The van der Waals surface area contributed by atoms with E-state index in [1.807, 2.05) is 4.72 Å². The van der Waals surface area contributed by atoms with Crippen LogP contribution < -0.4 is 20.5 Å². The summed E-state index contributed by atoms with van der Waals surface area (Å²) >= 11 is 6.16. The lowest BCUT2D eigenvalue weighted by atomic mass is 10.00. The van der Waals surface area contributed by atoms with Crippen molar-refractivity contribution in [2.45, 2.75) is 32.2 Å². The summed E-state index contributed by atoms with van der Waals surface area (Å²) in [5.41, 5.74) is 4.98. The Balaban J connectivity index is 1.67. The molecule has 1 heterocycles. The Kier molecular flexibility index (Phi) is 7.12. The second kappa shape index (κ2) is 9.96. The Morgan fingerprint density at radius 2 is 1.83 bits per heavy atom. The maximum absolute atomic E-state index is 15.1. The lowest BCUT2D eigenvalue weighted by molar-refractivity contribution is 0.100. The van der Waals surface area contributed by atoms with Crippen molar-refractivity contribution < 1.29 is 26.4 Å². The van der Waals surface area contributed by atoms with Crippen molar-refractivity contribution in [2.24, 2.45) is 5.73 Å². The molecule has 5 N–H and O–H groups in total. The zero-order chi connectivity index (χ0) is 26.2. The highest BCUT2D eigenvalue weighted by molar-refractivity contribution is 7.90. The minimum Gasteiger partial charge on any atom is -0.366 e. The van der Waals surface area contributed by atoms with Gasteiger partial charge in [-0.2, -0.15) is 13.1 Å². The highest BCUT2D eigenvalue weighted by Crippen LogP contribution is 2.33. The molecule has 0 unspecified atom stereocenters. The second-order valence-electron chi connectivity index (χ2n) is 8.37. The molecule has 190 valence electrons. The van der Waals surface area contributed by atoms with E-state index in [1.54, 1.807) is 19.1 Å². The van der Waals surface area contributed by atoms with Crippen LogP contribution in [0.5, 0.6) is 0 Å². The van der Waals surface area contributed by atoms with Crippen LogP contribution in [0.4, 0.5) is 30.4 Å². The van der Waals surface area contributed by atoms with Gasteiger partial charge in [0.05, 0.1) is 22.0 Å². The number of aryl methyl sites for hydroxylation is 1. The zero-order valence-corrected chi connectivity index (χ0v) is 20.4. The summed E-state index contributed by atoms with van der Waals surface area (Å²) in [7, 11) is -4.07. The van der Waals surface area contributed by atoms with Crippen molar-refractivity contribution in [3.05, 3.63) is 81.3 Å². The average Bonchev–Trinajstić information content (AvgIpc) is 3.60. The summed E-state index contributed by atoms with van der Waals surface area (Å²) in [4.78, 5) is 15.8. The van der Waals surface area contributed by atoms with E-state index in [9.17, 15) is 13.2 Å². The van der Waals surface area contributed by atoms with Crippen LogP contribution in [-0.2, 0) is 16.6 Å². The molecule has 0 atom stereocenters. The molecule has 0 bridgehead atoms. The van der Waals surface area contributed by atoms with Gasteiger partial charge in [-0.3, -0.25) is 9.52 Å². The first-order valence-corrected chi connectivity index (χ1v) is 12.6. The number of anilines is 3. The fourth-order valence-corrected chi connectivity index (χ4v) is 4.87. The quantitative estimate of drug-likeness (QED) is 0.322. The molecule has 13 heteroatoms. The van der Waals surface area contributed by atoms with E-state index < -0.39 is 51.5 Å². The van der Waals surface area contributed by atoms with E-state index in [0.717, 1.165) is 17.8 Å². The standard InChI is InChI=1S/C23H21ClF3N5O3S/c1-11-2-5-17(16(24)8-11)30-21-15(22(28)33)10-13(18(25)20(21)27)9-12-6-7-29-23(19(12)26)32-36(34,35)31-14-3-4-14/h2,5-8,10,14,30-31H,3-4,9H2,1H3,(H2,28,33)(H,29,32). The van der Waals surface area contributed by atoms with Crippen molar-refractivity contribution in [3.63, 3.8) is 0 Å². The zero-order valence-electron chi connectivity index (χ0n) is 18.8. The molecule has 1 aliphatic rings. The average molecular weight is 540 g/mol. The third kappa shape index (κ3) is 5.72. The highest BCUT2D eigenvalue weighted by atomic mass is 35.5. The Hall–Kier alpha value is -3.35. The summed E-state index contributed by atoms with van der Waals surface area (Å²) in [6.45, 7) is 1.79. The summed E-state index contributed by atoms with van der Waals surface area (Å²) in [6.07, 6.45) is 1.94. The van der Waals surface area contributed by atoms with Crippen LogP contribution >= 0.6 is 11.6 Å². The maximum Gasteiger partial charge on any atom is 0.300 e. The molecule has 0 spiro atoms. The molecule has 8 nitrogen and oxygen atoms in total. The number of benzene rings is 2. The number of amides is 1. The minimum absolute atomic E-state index is 0.190. The predicted molar refractivity (Wildman–Crippen MR) is 130 cm³/mol. The lowest BCUT2D eigenvalue weighted by Crippen LogP contribution is -2.32. The van der Waals surface area contributed by atoms with E-state index in [4.69, 9.17) is 17.3 Å². The number of hydrogen-bond donors (Lipinski definition) is 4. The predicted octanol–water partition coefficient (Wildman–Crippen LogP) is 4.30. The van der Waals surface area contributed by atoms with E-state index in [1.165, 1.54) is 12.1 Å². The number of primary amides is 1. The van der Waals surface area contributed by atoms with Crippen LogP contribution in [0.25, 0.3) is 0 Å². The Morgan fingerprint density at radius 3 is 2.47 bits per heavy atom. The largest absolute Gasteiger partial charge is 0.366 e. The Morgan fingerprint density at radius 1 is 1.11 bits per heavy atom. The SMILES string of the molecule is Cc1ccc(Nc2c(C(N)=O)cc(Cc3ccnc(NS(=O)(=O)NC4CC4)c3F)c(F)c2F)c(Cl)c1. The Labute approximate surface area is 210 Å². The third-order valence-electron chi connectivity index (χ3n) is 5.41. The van der Waals surface area contributed by atoms with Crippen LogP contribution in [0.15, 0.2) is 36.5 Å².